The molecule has 1 heterocycles. The number of hydrogen-bond acceptors (Lipinski definition) is 4. The van der Waals surface area contributed by atoms with E-state index in [1.54, 1.807) is 6.08 Å². The second-order valence-electron chi connectivity index (χ2n) is 6.61. The molecule has 1 N–H and O–H groups in total. The Bertz CT molecular complexity index is 927. The summed E-state index contributed by atoms with van der Waals surface area (Å²) in [6.45, 7) is 4.70. The van der Waals surface area contributed by atoms with Crippen molar-refractivity contribution in [2.45, 2.75) is 33.1 Å². The summed E-state index contributed by atoms with van der Waals surface area (Å²) >= 11 is 4.97. The number of halogens is 1. The highest BCUT2D eigenvalue weighted by molar-refractivity contribution is 9.10. The number of hydrogen-bond donors (Lipinski definition) is 1. The number of carbonyl (C=O) groups is 1. The quantitative estimate of drug-likeness (QED) is 0.614. The number of nitrogens with zero attached hydrogens (tertiary/aromatic N) is 1. The summed E-state index contributed by atoms with van der Waals surface area (Å²) in [7, 11) is 0. The fourth-order valence-electron chi connectivity index (χ4n) is 3.21. The van der Waals surface area contributed by atoms with Crippen molar-refractivity contribution in [3.8, 4) is 11.8 Å². The van der Waals surface area contributed by atoms with E-state index in [9.17, 15) is 10.1 Å². The van der Waals surface area contributed by atoms with Crippen molar-refractivity contribution in [2.24, 2.45) is 5.92 Å². The summed E-state index contributed by atoms with van der Waals surface area (Å²) in [4.78, 5) is 13.7. The highest BCUT2D eigenvalue weighted by Gasteiger charge is 2.24. The molecule has 0 aliphatic heterocycles. The summed E-state index contributed by atoms with van der Waals surface area (Å²) < 4.78 is 6.51. The zero-order valence-corrected chi connectivity index (χ0v) is 17.7. The van der Waals surface area contributed by atoms with Gasteiger partial charge in [0.2, 0.25) is 5.91 Å². The molecule has 1 atom stereocenters. The first kappa shape index (κ1) is 19.7. The average Bonchev–Trinajstić information content (AvgIpc) is 2.97. The Morgan fingerprint density at radius 3 is 3.07 bits per heavy atom. The third-order valence-electron chi connectivity index (χ3n) is 4.55. The minimum atomic E-state index is -0.249. The van der Waals surface area contributed by atoms with Crippen molar-refractivity contribution in [1.29, 1.82) is 5.26 Å². The number of fused-ring (bicyclic) bond motifs is 1. The van der Waals surface area contributed by atoms with E-state index in [2.05, 4.69) is 34.2 Å². The third-order valence-corrected chi connectivity index (χ3v) is 6.21. The van der Waals surface area contributed by atoms with Crippen LogP contribution in [0, 0.1) is 17.2 Å². The van der Waals surface area contributed by atoms with E-state index < -0.39 is 0 Å². The summed E-state index contributed by atoms with van der Waals surface area (Å²) in [5.41, 5.74) is 2.56. The molecule has 2 aromatic rings. The van der Waals surface area contributed by atoms with Crippen LogP contribution in [0.4, 0.5) is 5.00 Å². The van der Waals surface area contributed by atoms with Gasteiger partial charge in [0.1, 0.15) is 16.8 Å². The van der Waals surface area contributed by atoms with Gasteiger partial charge in [-0.1, -0.05) is 22.9 Å². The molecule has 0 unspecified atom stereocenters. The molecule has 6 heteroatoms. The molecular weight excluding hydrogens is 424 g/mol. The SMILES string of the molecule is CCOc1ccc(Br)cc1/C=C/C(=O)Nc1sc2c(c1C#N)CC[C@@H](C)C2. The van der Waals surface area contributed by atoms with Gasteiger partial charge in [-0.05, 0) is 61.9 Å². The van der Waals surface area contributed by atoms with Crippen LogP contribution in [0.25, 0.3) is 6.08 Å². The van der Waals surface area contributed by atoms with E-state index in [-0.39, 0.29) is 5.91 Å². The van der Waals surface area contributed by atoms with Crippen molar-refractivity contribution >= 4 is 44.3 Å². The zero-order valence-electron chi connectivity index (χ0n) is 15.3. The standard InChI is InChI=1S/C21H21BrN2O2S/c1-3-26-18-8-6-15(22)11-14(18)5-9-20(25)24-21-17(12-23)16-7-4-13(2)10-19(16)27-21/h5-6,8-9,11,13H,3-4,7,10H2,1-2H3,(H,24,25)/b9-5+/t13-/m1/s1. The highest BCUT2D eigenvalue weighted by Crippen LogP contribution is 2.39. The minimum Gasteiger partial charge on any atom is -0.493 e. The number of rotatable bonds is 5. The average molecular weight is 445 g/mol. The Balaban J connectivity index is 1.78. The van der Waals surface area contributed by atoms with Crippen molar-refractivity contribution in [2.75, 3.05) is 11.9 Å². The van der Waals surface area contributed by atoms with E-state index in [0.29, 0.717) is 23.1 Å². The number of carbonyl (C=O) groups excluding carboxylic acids is 1. The van der Waals surface area contributed by atoms with Crippen molar-refractivity contribution in [3.63, 3.8) is 0 Å². The molecule has 4 nitrogen and oxygen atoms in total. The van der Waals surface area contributed by atoms with Crippen molar-refractivity contribution in [1.82, 2.24) is 0 Å². The van der Waals surface area contributed by atoms with Crippen LogP contribution in [-0.4, -0.2) is 12.5 Å². The molecule has 1 aromatic heterocycles. The topological polar surface area (TPSA) is 62.1 Å². The molecular formula is C21H21BrN2O2S. The molecule has 1 aliphatic rings. The first-order valence-electron chi connectivity index (χ1n) is 8.97. The maximum absolute atomic E-state index is 12.4. The third kappa shape index (κ3) is 4.60. The van der Waals surface area contributed by atoms with Gasteiger partial charge in [0.15, 0.2) is 0 Å². The van der Waals surface area contributed by atoms with Crippen LogP contribution in [0.1, 0.15) is 41.8 Å². The van der Waals surface area contributed by atoms with Crippen molar-refractivity contribution in [3.05, 3.63) is 50.3 Å². The molecule has 27 heavy (non-hydrogen) atoms. The normalized spacial score (nSPS) is 16.0. The van der Waals surface area contributed by atoms with E-state index in [4.69, 9.17) is 4.74 Å². The molecule has 140 valence electrons. The highest BCUT2D eigenvalue weighted by atomic mass is 79.9. The van der Waals surface area contributed by atoms with Crippen LogP contribution in [-0.2, 0) is 17.6 Å². The number of thiophene rings is 1. The van der Waals surface area contributed by atoms with Crippen LogP contribution >= 0.6 is 27.3 Å². The predicted octanol–water partition coefficient (Wildman–Crippen LogP) is 5.56. The molecule has 0 fully saturated rings. The lowest BCUT2D eigenvalue weighted by Gasteiger charge is -2.17. The Morgan fingerprint density at radius 1 is 1.52 bits per heavy atom. The lowest BCUT2D eigenvalue weighted by molar-refractivity contribution is -0.111. The molecule has 0 bridgehead atoms. The summed E-state index contributed by atoms with van der Waals surface area (Å²) in [5, 5.41) is 13.1. The Labute approximate surface area is 172 Å². The van der Waals surface area contributed by atoms with Gasteiger partial charge in [-0.2, -0.15) is 5.26 Å². The van der Waals surface area contributed by atoms with Crippen LogP contribution in [0.5, 0.6) is 5.75 Å². The first-order valence-corrected chi connectivity index (χ1v) is 10.6. The Hall–Kier alpha value is -2.10. The van der Waals surface area contributed by atoms with Gasteiger partial charge in [-0.3, -0.25) is 4.79 Å². The molecule has 0 saturated heterocycles. The second-order valence-corrected chi connectivity index (χ2v) is 8.63. The molecule has 0 saturated carbocycles. The van der Waals surface area contributed by atoms with Crippen LogP contribution < -0.4 is 10.1 Å². The monoisotopic (exact) mass is 444 g/mol. The van der Waals surface area contributed by atoms with E-state index >= 15 is 0 Å². The molecule has 1 amide bonds. The second kappa shape index (κ2) is 8.73. The number of ether oxygens (including phenoxy) is 1. The summed E-state index contributed by atoms with van der Waals surface area (Å²) in [6, 6.07) is 7.95. The number of amides is 1. The van der Waals surface area contributed by atoms with Crippen LogP contribution in [0.2, 0.25) is 0 Å². The smallest absolute Gasteiger partial charge is 0.249 e. The Morgan fingerprint density at radius 2 is 2.33 bits per heavy atom. The molecule has 0 radical (unpaired) electrons. The van der Waals surface area contributed by atoms with Gasteiger partial charge in [0.25, 0.3) is 0 Å². The maximum Gasteiger partial charge on any atom is 0.249 e. The van der Waals surface area contributed by atoms with E-state index in [0.717, 1.165) is 40.6 Å². The van der Waals surface area contributed by atoms with Gasteiger partial charge in [-0.25, -0.2) is 0 Å². The fraction of sp³-hybridized carbons (Fsp3) is 0.333. The van der Waals surface area contributed by atoms with Crippen LogP contribution in [0.3, 0.4) is 0 Å². The lowest BCUT2D eigenvalue weighted by Crippen LogP contribution is -2.10. The molecule has 1 aliphatic carbocycles. The van der Waals surface area contributed by atoms with Crippen molar-refractivity contribution < 1.29 is 9.53 Å². The molecule has 3 rings (SSSR count). The van der Waals surface area contributed by atoms with Crippen LogP contribution in [0.15, 0.2) is 28.7 Å². The van der Waals surface area contributed by atoms with Gasteiger partial charge < -0.3 is 10.1 Å². The summed E-state index contributed by atoms with van der Waals surface area (Å²) in [5.74, 6) is 1.10. The summed E-state index contributed by atoms with van der Waals surface area (Å²) in [6.07, 6.45) is 6.20. The number of benzene rings is 1. The number of anilines is 1. The number of nitriles is 1. The predicted molar refractivity (Wildman–Crippen MR) is 113 cm³/mol. The maximum atomic E-state index is 12.4. The molecule has 1 aromatic carbocycles. The molecule has 0 spiro atoms. The van der Waals surface area contributed by atoms with Gasteiger partial charge in [-0.15, -0.1) is 11.3 Å². The first-order chi connectivity index (χ1) is 13.0. The van der Waals surface area contributed by atoms with E-state index in [1.807, 2.05) is 25.1 Å². The Kier molecular flexibility index (Phi) is 6.35. The largest absolute Gasteiger partial charge is 0.493 e. The zero-order chi connectivity index (χ0) is 19.4. The fourth-order valence-corrected chi connectivity index (χ4v) is 4.96. The number of nitrogens with one attached hydrogen (secondary N) is 1. The van der Waals surface area contributed by atoms with Gasteiger partial charge in [0.05, 0.1) is 12.2 Å². The van der Waals surface area contributed by atoms with Gasteiger partial charge in [0, 0.05) is 21.0 Å². The minimum absolute atomic E-state index is 0.249. The lowest BCUT2D eigenvalue weighted by atomic mass is 9.89. The van der Waals surface area contributed by atoms with Gasteiger partial charge >= 0.3 is 0 Å². The van der Waals surface area contributed by atoms with E-state index in [1.165, 1.54) is 22.3 Å².